The summed E-state index contributed by atoms with van der Waals surface area (Å²) in [6, 6.07) is 16.0. The SMILES string of the molecule is O=CN(NS(=O)(=O)c1ccc(Cl)s1)c1ccc(NC(=O)c2ccccc2)c(Br)c1. The molecule has 2 N–H and O–H groups in total. The van der Waals surface area contributed by atoms with Crippen LogP contribution in [0.1, 0.15) is 10.4 Å². The highest BCUT2D eigenvalue weighted by molar-refractivity contribution is 9.10. The van der Waals surface area contributed by atoms with Crippen LogP contribution in [0.15, 0.2) is 69.3 Å². The topological polar surface area (TPSA) is 95.6 Å². The van der Waals surface area contributed by atoms with Gasteiger partial charge < -0.3 is 5.32 Å². The highest BCUT2D eigenvalue weighted by Gasteiger charge is 2.21. The number of carbonyl (C=O) groups excluding carboxylic acids is 2. The molecule has 0 aliphatic carbocycles. The summed E-state index contributed by atoms with van der Waals surface area (Å²) < 4.78 is 25.6. The number of halogens is 2. The van der Waals surface area contributed by atoms with E-state index in [0.29, 0.717) is 26.5 Å². The zero-order valence-electron chi connectivity index (χ0n) is 14.5. The zero-order valence-corrected chi connectivity index (χ0v) is 18.5. The third kappa shape index (κ3) is 5.22. The van der Waals surface area contributed by atoms with Gasteiger partial charge in [0.2, 0.25) is 6.41 Å². The first-order valence-corrected chi connectivity index (χ1v) is 11.5. The van der Waals surface area contributed by atoms with Crippen molar-refractivity contribution in [2.24, 2.45) is 0 Å². The van der Waals surface area contributed by atoms with Gasteiger partial charge in [-0.1, -0.05) is 29.8 Å². The average molecular weight is 515 g/mol. The first-order chi connectivity index (χ1) is 13.8. The van der Waals surface area contributed by atoms with Crippen molar-refractivity contribution < 1.29 is 18.0 Å². The number of hydrazine groups is 1. The molecule has 1 aromatic heterocycles. The van der Waals surface area contributed by atoms with Gasteiger partial charge in [0, 0.05) is 10.0 Å². The van der Waals surface area contributed by atoms with Crippen molar-refractivity contribution in [1.29, 1.82) is 0 Å². The molecule has 2 aromatic carbocycles. The average Bonchev–Trinajstić information content (AvgIpc) is 3.16. The summed E-state index contributed by atoms with van der Waals surface area (Å²) in [5.41, 5.74) is 1.19. The normalized spacial score (nSPS) is 11.1. The molecule has 1 heterocycles. The van der Waals surface area contributed by atoms with Crippen LogP contribution in [0.25, 0.3) is 0 Å². The van der Waals surface area contributed by atoms with Gasteiger partial charge >= 0.3 is 0 Å². The van der Waals surface area contributed by atoms with E-state index in [-0.39, 0.29) is 15.8 Å². The van der Waals surface area contributed by atoms with Gasteiger partial charge in [-0.15, -0.1) is 16.2 Å². The standard InChI is InChI=1S/C18H13BrClN3O4S2/c19-14-10-13(6-7-15(14)21-18(25)12-4-2-1-3-5-12)23(11-24)22-29(26,27)17-9-8-16(20)28-17/h1-11,22H,(H,21,25). The minimum absolute atomic E-state index is 0.0276. The highest BCUT2D eigenvalue weighted by atomic mass is 79.9. The van der Waals surface area contributed by atoms with Crippen LogP contribution in [0.2, 0.25) is 4.34 Å². The Balaban J connectivity index is 1.79. The van der Waals surface area contributed by atoms with Gasteiger partial charge in [0.15, 0.2) is 0 Å². The Kier molecular flexibility index (Phi) is 6.70. The van der Waals surface area contributed by atoms with Crippen LogP contribution in [0, 0.1) is 0 Å². The summed E-state index contributed by atoms with van der Waals surface area (Å²) in [5.74, 6) is -0.304. The van der Waals surface area contributed by atoms with E-state index in [1.54, 1.807) is 36.4 Å². The molecular formula is C18H13BrClN3O4S2. The number of amides is 2. The maximum atomic E-state index is 12.4. The smallest absolute Gasteiger partial charge is 0.267 e. The Hall–Kier alpha value is -2.24. The summed E-state index contributed by atoms with van der Waals surface area (Å²) >= 11 is 9.97. The van der Waals surface area contributed by atoms with E-state index >= 15 is 0 Å². The molecule has 0 atom stereocenters. The number of benzene rings is 2. The first kappa shape index (κ1) is 21.5. The molecule has 0 spiro atoms. The molecule has 0 fully saturated rings. The van der Waals surface area contributed by atoms with E-state index in [4.69, 9.17) is 11.6 Å². The minimum atomic E-state index is -3.98. The summed E-state index contributed by atoms with van der Waals surface area (Å²) in [4.78, 5) is 25.9. The lowest BCUT2D eigenvalue weighted by molar-refractivity contribution is -0.107. The lowest BCUT2D eigenvalue weighted by Crippen LogP contribution is -2.41. The molecule has 0 saturated carbocycles. The van der Waals surface area contributed by atoms with E-state index in [0.717, 1.165) is 16.3 Å². The third-order valence-corrected chi connectivity index (χ3v) is 7.35. The van der Waals surface area contributed by atoms with Crippen molar-refractivity contribution in [3.05, 3.63) is 75.0 Å². The summed E-state index contributed by atoms with van der Waals surface area (Å²) in [6.45, 7) is 0. The van der Waals surface area contributed by atoms with Crippen LogP contribution in [0.4, 0.5) is 11.4 Å². The van der Waals surface area contributed by atoms with Gasteiger partial charge in [-0.2, -0.15) is 0 Å². The fourth-order valence-corrected chi connectivity index (χ4v) is 5.24. The molecule has 0 radical (unpaired) electrons. The molecule has 11 heteroatoms. The maximum absolute atomic E-state index is 12.4. The molecule has 3 aromatic rings. The van der Waals surface area contributed by atoms with Crippen molar-refractivity contribution in [3.8, 4) is 0 Å². The van der Waals surface area contributed by atoms with Gasteiger partial charge in [0.05, 0.1) is 15.7 Å². The predicted molar refractivity (Wildman–Crippen MR) is 117 cm³/mol. The lowest BCUT2D eigenvalue weighted by Gasteiger charge is -2.19. The Bertz CT molecular complexity index is 1150. The maximum Gasteiger partial charge on any atom is 0.267 e. The van der Waals surface area contributed by atoms with Crippen LogP contribution in [0.3, 0.4) is 0 Å². The zero-order chi connectivity index (χ0) is 21.0. The largest absolute Gasteiger partial charge is 0.321 e. The van der Waals surface area contributed by atoms with Gasteiger partial charge in [-0.05, 0) is 58.4 Å². The third-order valence-electron chi connectivity index (χ3n) is 3.65. The number of thiophene rings is 1. The number of nitrogens with zero attached hydrogens (tertiary/aromatic N) is 1. The predicted octanol–water partition coefficient (Wildman–Crippen LogP) is 4.27. The van der Waals surface area contributed by atoms with Crippen LogP contribution in [-0.2, 0) is 14.8 Å². The van der Waals surface area contributed by atoms with Crippen molar-refractivity contribution in [3.63, 3.8) is 0 Å². The monoisotopic (exact) mass is 513 g/mol. The number of anilines is 2. The van der Waals surface area contributed by atoms with Crippen LogP contribution in [-0.4, -0.2) is 20.7 Å². The Morgan fingerprint density at radius 2 is 1.83 bits per heavy atom. The number of carbonyl (C=O) groups is 2. The quantitative estimate of drug-likeness (QED) is 0.363. The molecule has 3 rings (SSSR count). The number of nitrogens with one attached hydrogen (secondary N) is 2. The molecule has 0 aliphatic rings. The van der Waals surface area contributed by atoms with Crippen LogP contribution in [0.5, 0.6) is 0 Å². The molecule has 29 heavy (non-hydrogen) atoms. The van der Waals surface area contributed by atoms with Crippen molar-refractivity contribution >= 4 is 72.6 Å². The molecule has 0 bridgehead atoms. The molecule has 0 saturated heterocycles. The Morgan fingerprint density at radius 1 is 1.10 bits per heavy atom. The summed E-state index contributed by atoms with van der Waals surface area (Å²) in [6.07, 6.45) is 0.330. The second-order valence-electron chi connectivity index (χ2n) is 5.61. The second-order valence-corrected chi connectivity index (χ2v) is 10.1. The van der Waals surface area contributed by atoms with Crippen LogP contribution >= 0.6 is 38.9 Å². The number of sulfonamides is 1. The molecular weight excluding hydrogens is 502 g/mol. The van der Waals surface area contributed by atoms with Gasteiger partial charge in [-0.25, -0.2) is 13.4 Å². The van der Waals surface area contributed by atoms with E-state index in [9.17, 15) is 18.0 Å². The molecule has 0 aliphatic heterocycles. The second kappa shape index (κ2) is 9.06. The van der Waals surface area contributed by atoms with E-state index < -0.39 is 10.0 Å². The van der Waals surface area contributed by atoms with Crippen molar-refractivity contribution in [1.82, 2.24) is 4.83 Å². The Labute approximate surface area is 184 Å². The fourth-order valence-electron chi connectivity index (χ4n) is 2.29. The molecule has 7 nitrogen and oxygen atoms in total. The minimum Gasteiger partial charge on any atom is -0.321 e. The number of rotatable bonds is 7. The van der Waals surface area contributed by atoms with Crippen molar-refractivity contribution in [2.75, 3.05) is 10.3 Å². The first-order valence-electron chi connectivity index (χ1n) is 7.98. The van der Waals surface area contributed by atoms with Gasteiger partial charge in [-0.3, -0.25) is 9.59 Å². The fraction of sp³-hybridized carbons (Fsp3) is 0. The van der Waals surface area contributed by atoms with E-state index in [1.807, 2.05) is 0 Å². The lowest BCUT2D eigenvalue weighted by atomic mass is 10.2. The summed E-state index contributed by atoms with van der Waals surface area (Å²) in [5, 5.41) is 3.56. The van der Waals surface area contributed by atoms with E-state index in [2.05, 4.69) is 26.1 Å². The van der Waals surface area contributed by atoms with E-state index in [1.165, 1.54) is 24.3 Å². The molecule has 0 unspecified atom stereocenters. The number of hydrogen-bond acceptors (Lipinski definition) is 5. The number of hydrogen-bond donors (Lipinski definition) is 2. The van der Waals surface area contributed by atoms with Crippen molar-refractivity contribution in [2.45, 2.75) is 4.21 Å². The van der Waals surface area contributed by atoms with Crippen LogP contribution < -0.4 is 15.2 Å². The molecule has 2 amide bonds. The highest BCUT2D eigenvalue weighted by Crippen LogP contribution is 2.29. The summed E-state index contributed by atoms with van der Waals surface area (Å²) in [7, 11) is -3.98. The van der Waals surface area contributed by atoms with Gasteiger partial charge in [0.25, 0.3) is 15.9 Å². The Morgan fingerprint density at radius 3 is 2.41 bits per heavy atom. The van der Waals surface area contributed by atoms with Gasteiger partial charge in [0.1, 0.15) is 4.21 Å². The molecule has 150 valence electrons.